The maximum absolute atomic E-state index is 11.6. The van der Waals surface area contributed by atoms with E-state index in [-0.39, 0.29) is 11.9 Å². The average molecular weight is 681 g/mol. The highest BCUT2D eigenvalue weighted by Crippen LogP contribution is 2.13. The van der Waals surface area contributed by atoms with E-state index in [0.717, 1.165) is 25.7 Å². The number of carbonyl (C=O) groups excluding carboxylic acids is 2. The van der Waals surface area contributed by atoms with Crippen molar-refractivity contribution in [3.63, 3.8) is 0 Å². The van der Waals surface area contributed by atoms with Crippen LogP contribution in [0.4, 0.5) is 0 Å². The van der Waals surface area contributed by atoms with Gasteiger partial charge < -0.3 is 9.47 Å². The average Bonchev–Trinajstić information content (AvgIpc) is 3.09. The maximum atomic E-state index is 11.6. The predicted molar refractivity (Wildman–Crippen MR) is 211 cm³/mol. The van der Waals surface area contributed by atoms with E-state index in [0.29, 0.717) is 26.1 Å². The minimum atomic E-state index is 0.0134. The Morgan fingerprint density at radius 2 is 0.458 bits per heavy atom. The Morgan fingerprint density at radius 3 is 0.688 bits per heavy atom. The van der Waals surface area contributed by atoms with E-state index in [2.05, 4.69) is 27.7 Å². The molecule has 4 heteroatoms. The molecule has 0 saturated carbocycles. The molecule has 0 aromatic rings. The third kappa shape index (κ3) is 47.1. The summed E-state index contributed by atoms with van der Waals surface area (Å²) in [5, 5.41) is 0. The molecule has 0 radical (unpaired) electrons. The number of hydrogen-bond acceptors (Lipinski definition) is 4. The summed E-state index contributed by atoms with van der Waals surface area (Å²) in [6.45, 7) is 10.3. The van der Waals surface area contributed by atoms with Gasteiger partial charge in [0.2, 0.25) is 0 Å². The summed E-state index contributed by atoms with van der Waals surface area (Å²) >= 11 is 0. The second-order valence-corrected chi connectivity index (χ2v) is 14.5. The molecule has 0 aliphatic rings. The maximum Gasteiger partial charge on any atom is 0.305 e. The minimum Gasteiger partial charge on any atom is -0.466 e. The van der Waals surface area contributed by atoms with Crippen LogP contribution in [0.5, 0.6) is 0 Å². The van der Waals surface area contributed by atoms with Gasteiger partial charge in [-0.15, -0.1) is 0 Å². The van der Waals surface area contributed by atoms with Crippen molar-refractivity contribution in [1.82, 2.24) is 0 Å². The Morgan fingerprint density at radius 1 is 0.271 bits per heavy atom. The van der Waals surface area contributed by atoms with Gasteiger partial charge in [-0.25, -0.2) is 0 Å². The number of carbonyl (C=O) groups is 2. The molecular weight excluding hydrogens is 592 g/mol. The van der Waals surface area contributed by atoms with Crippen LogP contribution >= 0.6 is 0 Å². The molecule has 0 saturated heterocycles. The molecule has 288 valence electrons. The number of ether oxygens (including phenoxy) is 2. The highest BCUT2D eigenvalue weighted by atomic mass is 16.5. The fraction of sp³-hybridized carbons (Fsp3) is 0.955. The largest absolute Gasteiger partial charge is 0.466 e. The summed E-state index contributed by atoms with van der Waals surface area (Å²) in [4.78, 5) is 23.2. The second-order valence-electron chi connectivity index (χ2n) is 14.5. The second kappa shape index (κ2) is 45.9. The zero-order chi connectivity index (χ0) is 35.4. The lowest BCUT2D eigenvalue weighted by Gasteiger charge is -2.05. The van der Waals surface area contributed by atoms with Crippen molar-refractivity contribution in [2.24, 2.45) is 0 Å². The topological polar surface area (TPSA) is 52.6 Å². The first-order valence-electron chi connectivity index (χ1n) is 21.9. The van der Waals surface area contributed by atoms with Crippen molar-refractivity contribution >= 4 is 11.9 Å². The fourth-order valence-corrected chi connectivity index (χ4v) is 6.15. The van der Waals surface area contributed by atoms with Gasteiger partial charge in [0, 0.05) is 12.8 Å². The van der Waals surface area contributed by atoms with E-state index in [4.69, 9.17) is 9.47 Å². The number of esters is 2. The van der Waals surface area contributed by atoms with Crippen LogP contribution in [-0.2, 0) is 19.1 Å². The predicted octanol–water partition coefficient (Wildman–Crippen LogP) is 15.2. The van der Waals surface area contributed by atoms with Crippen LogP contribution < -0.4 is 0 Å². The van der Waals surface area contributed by atoms with Crippen LogP contribution in [0.15, 0.2) is 0 Å². The zero-order valence-corrected chi connectivity index (χ0v) is 33.5. The van der Waals surface area contributed by atoms with E-state index < -0.39 is 0 Å². The van der Waals surface area contributed by atoms with Gasteiger partial charge >= 0.3 is 11.9 Å². The molecule has 4 nitrogen and oxygen atoms in total. The summed E-state index contributed by atoms with van der Waals surface area (Å²) < 4.78 is 10.6. The Balaban J connectivity index is 0. The highest BCUT2D eigenvalue weighted by Gasteiger charge is 2.04. The lowest BCUT2D eigenvalue weighted by Crippen LogP contribution is -2.05. The standard InChI is InChI=1S/2C22H44O2/c2*1-3-5-7-9-11-12-13-15-17-19-21-24-22(23)20-18-16-14-10-8-6-4-2/h2*3-21H2,1-2H3. The van der Waals surface area contributed by atoms with Crippen LogP contribution in [0.1, 0.15) is 259 Å². The summed E-state index contributed by atoms with van der Waals surface area (Å²) in [6, 6.07) is 0. The molecule has 0 aliphatic carbocycles. The van der Waals surface area contributed by atoms with Crippen molar-refractivity contribution < 1.29 is 19.1 Å². The Hall–Kier alpha value is -1.06. The summed E-state index contributed by atoms with van der Waals surface area (Å²) in [5.74, 6) is 0.0268. The van der Waals surface area contributed by atoms with Gasteiger partial charge in [0.15, 0.2) is 0 Å². The van der Waals surface area contributed by atoms with E-state index in [1.807, 2.05) is 0 Å². The van der Waals surface area contributed by atoms with E-state index >= 15 is 0 Å². The summed E-state index contributed by atoms with van der Waals surface area (Å²) in [6.07, 6.45) is 45.2. The van der Waals surface area contributed by atoms with Crippen LogP contribution in [-0.4, -0.2) is 25.2 Å². The first-order chi connectivity index (χ1) is 23.6. The fourth-order valence-electron chi connectivity index (χ4n) is 6.15. The molecule has 0 rings (SSSR count). The molecule has 0 bridgehead atoms. The molecule has 0 amide bonds. The molecule has 0 heterocycles. The normalized spacial score (nSPS) is 10.9. The first-order valence-corrected chi connectivity index (χ1v) is 21.9. The summed E-state index contributed by atoms with van der Waals surface area (Å²) in [7, 11) is 0. The Labute approximate surface area is 302 Å². The van der Waals surface area contributed by atoms with Crippen LogP contribution in [0, 0.1) is 0 Å². The molecule has 0 N–H and O–H groups in total. The number of rotatable bonds is 38. The van der Waals surface area contributed by atoms with Crippen molar-refractivity contribution in [3.8, 4) is 0 Å². The van der Waals surface area contributed by atoms with E-state index in [1.165, 1.54) is 193 Å². The lowest BCUT2D eigenvalue weighted by atomic mass is 10.1. The van der Waals surface area contributed by atoms with Gasteiger partial charge in [-0.2, -0.15) is 0 Å². The first kappa shape index (κ1) is 49.1. The molecule has 0 aliphatic heterocycles. The van der Waals surface area contributed by atoms with Gasteiger partial charge in [-0.3, -0.25) is 9.59 Å². The van der Waals surface area contributed by atoms with Crippen LogP contribution in [0.25, 0.3) is 0 Å². The molecule has 48 heavy (non-hydrogen) atoms. The quantitative estimate of drug-likeness (QED) is 0.0481. The van der Waals surface area contributed by atoms with Gasteiger partial charge in [0.25, 0.3) is 0 Å². The third-order valence-electron chi connectivity index (χ3n) is 9.49. The SMILES string of the molecule is CCCCCCCCCCCCOC(=O)CCCCCCCCC.CCCCCCCCCCCCOC(=O)CCCCCCCCC. The molecule has 0 fully saturated rings. The van der Waals surface area contributed by atoms with Crippen molar-refractivity contribution in [1.29, 1.82) is 0 Å². The van der Waals surface area contributed by atoms with Crippen LogP contribution in [0.3, 0.4) is 0 Å². The monoisotopic (exact) mass is 681 g/mol. The van der Waals surface area contributed by atoms with Crippen LogP contribution in [0.2, 0.25) is 0 Å². The Kier molecular flexibility index (Phi) is 46.9. The van der Waals surface area contributed by atoms with Gasteiger partial charge in [0.1, 0.15) is 0 Å². The Bertz CT molecular complexity index is 553. The molecule has 0 unspecified atom stereocenters. The molecular formula is C44H88O4. The summed E-state index contributed by atoms with van der Waals surface area (Å²) in [5.41, 5.74) is 0. The highest BCUT2D eigenvalue weighted by molar-refractivity contribution is 5.69. The van der Waals surface area contributed by atoms with Crippen molar-refractivity contribution in [2.45, 2.75) is 259 Å². The molecule has 0 aromatic heterocycles. The van der Waals surface area contributed by atoms with E-state index in [1.54, 1.807) is 0 Å². The molecule has 0 atom stereocenters. The van der Waals surface area contributed by atoms with Crippen molar-refractivity contribution in [2.75, 3.05) is 13.2 Å². The number of hydrogen-bond donors (Lipinski definition) is 0. The number of unbranched alkanes of at least 4 members (excludes halogenated alkanes) is 30. The van der Waals surface area contributed by atoms with E-state index in [9.17, 15) is 9.59 Å². The molecule has 0 spiro atoms. The van der Waals surface area contributed by atoms with Gasteiger partial charge in [-0.05, 0) is 25.7 Å². The van der Waals surface area contributed by atoms with Gasteiger partial charge in [-0.1, -0.05) is 220 Å². The third-order valence-corrected chi connectivity index (χ3v) is 9.49. The zero-order valence-electron chi connectivity index (χ0n) is 33.5. The smallest absolute Gasteiger partial charge is 0.305 e. The lowest BCUT2D eigenvalue weighted by molar-refractivity contribution is -0.144. The molecule has 0 aromatic carbocycles. The minimum absolute atomic E-state index is 0.0134. The van der Waals surface area contributed by atoms with Crippen molar-refractivity contribution in [3.05, 3.63) is 0 Å². The van der Waals surface area contributed by atoms with Gasteiger partial charge in [0.05, 0.1) is 13.2 Å².